The molecule has 2 aromatic heterocycles. The summed E-state index contributed by atoms with van der Waals surface area (Å²) in [6.45, 7) is 0. The number of pyridine rings is 1. The molecule has 0 unspecified atom stereocenters. The average molecular weight is 276 g/mol. The molecular formula is C16H12N4O. The number of benzene rings is 1. The Labute approximate surface area is 121 Å². The van der Waals surface area contributed by atoms with Crippen LogP contribution in [0.5, 0.6) is 0 Å². The van der Waals surface area contributed by atoms with Gasteiger partial charge in [-0.1, -0.05) is 12.1 Å². The van der Waals surface area contributed by atoms with E-state index in [2.05, 4.69) is 20.3 Å². The van der Waals surface area contributed by atoms with Crippen LogP contribution in [0.2, 0.25) is 0 Å². The molecule has 0 aliphatic heterocycles. The van der Waals surface area contributed by atoms with Crippen molar-refractivity contribution in [3.63, 3.8) is 0 Å². The van der Waals surface area contributed by atoms with Crippen LogP contribution in [0.1, 0.15) is 10.4 Å². The van der Waals surface area contributed by atoms with Gasteiger partial charge in [0, 0.05) is 36.0 Å². The van der Waals surface area contributed by atoms with Gasteiger partial charge < -0.3 is 5.32 Å². The van der Waals surface area contributed by atoms with Crippen molar-refractivity contribution >= 4 is 11.6 Å². The average Bonchev–Trinajstić information content (AvgIpc) is 2.57. The Bertz CT molecular complexity index is 727. The lowest BCUT2D eigenvalue weighted by Gasteiger charge is -2.06. The van der Waals surface area contributed by atoms with Crippen molar-refractivity contribution in [2.24, 2.45) is 0 Å². The van der Waals surface area contributed by atoms with Crippen LogP contribution in [-0.2, 0) is 0 Å². The molecule has 1 amide bonds. The molecule has 0 radical (unpaired) electrons. The summed E-state index contributed by atoms with van der Waals surface area (Å²) < 4.78 is 0. The molecule has 5 nitrogen and oxygen atoms in total. The van der Waals surface area contributed by atoms with Crippen molar-refractivity contribution in [2.45, 2.75) is 0 Å². The van der Waals surface area contributed by atoms with Gasteiger partial charge in [0.15, 0.2) is 0 Å². The first-order chi connectivity index (χ1) is 10.3. The maximum Gasteiger partial charge on any atom is 0.257 e. The Kier molecular flexibility index (Phi) is 3.64. The minimum absolute atomic E-state index is 0.182. The fourth-order valence-corrected chi connectivity index (χ4v) is 1.89. The number of nitrogens with one attached hydrogen (secondary N) is 1. The number of amides is 1. The van der Waals surface area contributed by atoms with Crippen LogP contribution < -0.4 is 5.32 Å². The lowest BCUT2D eigenvalue weighted by Crippen LogP contribution is -2.11. The molecule has 3 rings (SSSR count). The van der Waals surface area contributed by atoms with E-state index in [-0.39, 0.29) is 5.91 Å². The second kappa shape index (κ2) is 5.92. The largest absolute Gasteiger partial charge is 0.322 e. The van der Waals surface area contributed by atoms with E-state index in [0.717, 1.165) is 16.8 Å². The minimum atomic E-state index is -0.182. The Morgan fingerprint density at radius 2 is 1.62 bits per heavy atom. The summed E-state index contributed by atoms with van der Waals surface area (Å²) in [7, 11) is 0. The monoisotopic (exact) mass is 276 g/mol. The third-order valence-electron chi connectivity index (χ3n) is 2.96. The molecule has 0 saturated heterocycles. The van der Waals surface area contributed by atoms with E-state index in [9.17, 15) is 4.79 Å². The Hall–Kier alpha value is -3.08. The Morgan fingerprint density at radius 3 is 2.29 bits per heavy atom. The summed E-state index contributed by atoms with van der Waals surface area (Å²) >= 11 is 0. The van der Waals surface area contributed by atoms with Gasteiger partial charge in [0.2, 0.25) is 0 Å². The summed E-state index contributed by atoms with van der Waals surface area (Å²) in [5.41, 5.74) is 3.18. The maximum atomic E-state index is 12.0. The SMILES string of the molecule is O=C(Nc1ccc(-c2cncnc2)cc1)c1cccnc1. The molecule has 3 aromatic rings. The third-order valence-corrected chi connectivity index (χ3v) is 2.96. The van der Waals surface area contributed by atoms with Gasteiger partial charge in [-0.3, -0.25) is 9.78 Å². The zero-order valence-corrected chi connectivity index (χ0v) is 11.1. The highest BCUT2D eigenvalue weighted by Crippen LogP contribution is 2.19. The summed E-state index contributed by atoms with van der Waals surface area (Å²) in [5, 5.41) is 2.83. The van der Waals surface area contributed by atoms with Gasteiger partial charge in [-0.05, 0) is 29.8 Å². The van der Waals surface area contributed by atoms with Crippen LogP contribution in [0.4, 0.5) is 5.69 Å². The number of carbonyl (C=O) groups excluding carboxylic acids is 1. The van der Waals surface area contributed by atoms with E-state index in [4.69, 9.17) is 0 Å². The van der Waals surface area contributed by atoms with Crippen molar-refractivity contribution in [3.05, 3.63) is 73.1 Å². The number of rotatable bonds is 3. The van der Waals surface area contributed by atoms with Gasteiger partial charge in [-0.25, -0.2) is 9.97 Å². The molecule has 0 aliphatic rings. The van der Waals surface area contributed by atoms with Crippen LogP contribution in [0.15, 0.2) is 67.5 Å². The summed E-state index contributed by atoms with van der Waals surface area (Å²) in [5.74, 6) is -0.182. The van der Waals surface area contributed by atoms with E-state index in [0.29, 0.717) is 5.56 Å². The lowest BCUT2D eigenvalue weighted by molar-refractivity contribution is 0.102. The third kappa shape index (κ3) is 3.09. The van der Waals surface area contributed by atoms with Crippen LogP contribution >= 0.6 is 0 Å². The maximum absolute atomic E-state index is 12.0. The number of anilines is 1. The fraction of sp³-hybridized carbons (Fsp3) is 0. The zero-order chi connectivity index (χ0) is 14.5. The molecule has 0 atom stereocenters. The molecule has 0 saturated carbocycles. The lowest BCUT2D eigenvalue weighted by atomic mass is 10.1. The Morgan fingerprint density at radius 1 is 0.857 bits per heavy atom. The molecular weight excluding hydrogens is 264 g/mol. The molecule has 0 aliphatic carbocycles. The van der Waals surface area contributed by atoms with Gasteiger partial charge in [-0.15, -0.1) is 0 Å². The zero-order valence-electron chi connectivity index (χ0n) is 11.1. The van der Waals surface area contributed by atoms with Crippen LogP contribution in [-0.4, -0.2) is 20.9 Å². The summed E-state index contributed by atoms with van der Waals surface area (Å²) in [6, 6.07) is 11.0. The first-order valence-corrected chi connectivity index (χ1v) is 6.40. The number of nitrogens with zero attached hydrogens (tertiary/aromatic N) is 3. The summed E-state index contributed by atoms with van der Waals surface area (Å²) in [6.07, 6.45) is 8.15. The van der Waals surface area contributed by atoms with Gasteiger partial charge in [0.25, 0.3) is 5.91 Å². The normalized spacial score (nSPS) is 10.1. The highest BCUT2D eigenvalue weighted by atomic mass is 16.1. The second-order valence-corrected chi connectivity index (χ2v) is 4.40. The number of hydrogen-bond donors (Lipinski definition) is 1. The minimum Gasteiger partial charge on any atom is -0.322 e. The molecule has 1 aromatic carbocycles. The van der Waals surface area contributed by atoms with Crippen LogP contribution in [0, 0.1) is 0 Å². The number of aromatic nitrogens is 3. The highest BCUT2D eigenvalue weighted by Gasteiger charge is 2.05. The highest BCUT2D eigenvalue weighted by molar-refractivity contribution is 6.04. The first kappa shape index (κ1) is 12.9. The van der Waals surface area contributed by atoms with E-state index in [1.807, 2.05) is 24.3 Å². The first-order valence-electron chi connectivity index (χ1n) is 6.40. The predicted octanol–water partition coefficient (Wildman–Crippen LogP) is 2.79. The smallest absolute Gasteiger partial charge is 0.257 e. The van der Waals surface area contributed by atoms with Gasteiger partial charge in [0.05, 0.1) is 5.56 Å². The molecule has 0 spiro atoms. The van der Waals surface area contributed by atoms with Gasteiger partial charge in [-0.2, -0.15) is 0 Å². The number of carbonyl (C=O) groups is 1. The van der Waals surface area contributed by atoms with Crippen molar-refractivity contribution in [3.8, 4) is 11.1 Å². The fourth-order valence-electron chi connectivity index (χ4n) is 1.89. The second-order valence-electron chi connectivity index (χ2n) is 4.40. The molecule has 2 heterocycles. The van der Waals surface area contributed by atoms with E-state index >= 15 is 0 Å². The Balaban J connectivity index is 1.75. The van der Waals surface area contributed by atoms with Crippen molar-refractivity contribution in [1.82, 2.24) is 15.0 Å². The molecule has 5 heteroatoms. The standard InChI is InChI=1S/C16H12N4O/c21-16(13-2-1-7-17-8-13)20-15-5-3-12(4-6-15)14-9-18-11-19-10-14/h1-11H,(H,20,21). The van der Waals surface area contributed by atoms with Crippen molar-refractivity contribution < 1.29 is 4.79 Å². The molecule has 0 fully saturated rings. The molecule has 0 bridgehead atoms. The number of hydrogen-bond acceptors (Lipinski definition) is 4. The topological polar surface area (TPSA) is 67.8 Å². The predicted molar refractivity (Wildman–Crippen MR) is 79.7 cm³/mol. The van der Waals surface area contributed by atoms with Gasteiger partial charge >= 0.3 is 0 Å². The van der Waals surface area contributed by atoms with Crippen molar-refractivity contribution in [2.75, 3.05) is 5.32 Å². The quantitative estimate of drug-likeness (QED) is 0.798. The van der Waals surface area contributed by atoms with E-state index in [1.54, 1.807) is 30.7 Å². The van der Waals surface area contributed by atoms with Crippen LogP contribution in [0.25, 0.3) is 11.1 Å². The molecule has 1 N–H and O–H groups in total. The van der Waals surface area contributed by atoms with E-state index in [1.165, 1.54) is 12.5 Å². The molecule has 102 valence electrons. The van der Waals surface area contributed by atoms with Gasteiger partial charge in [0.1, 0.15) is 6.33 Å². The van der Waals surface area contributed by atoms with Crippen molar-refractivity contribution in [1.29, 1.82) is 0 Å². The van der Waals surface area contributed by atoms with Crippen LogP contribution in [0.3, 0.4) is 0 Å². The summed E-state index contributed by atoms with van der Waals surface area (Å²) in [4.78, 5) is 23.9. The van der Waals surface area contributed by atoms with E-state index < -0.39 is 0 Å². The molecule has 21 heavy (non-hydrogen) atoms.